The molecule has 0 aromatic carbocycles. The number of sulfone groups is 1. The lowest BCUT2D eigenvalue weighted by Gasteiger charge is -2.21. The Hall–Kier alpha value is -0.420. The van der Waals surface area contributed by atoms with Gasteiger partial charge in [0, 0.05) is 18.6 Å². The van der Waals surface area contributed by atoms with E-state index in [0.717, 1.165) is 25.9 Å². The van der Waals surface area contributed by atoms with Gasteiger partial charge in [-0.25, -0.2) is 8.42 Å². The average Bonchev–Trinajstić information content (AvgIpc) is 2.14. The third kappa shape index (κ3) is 4.19. The zero-order valence-electron chi connectivity index (χ0n) is 8.45. The van der Waals surface area contributed by atoms with Crippen molar-refractivity contribution in [2.75, 3.05) is 25.1 Å². The molecule has 1 aliphatic rings. The van der Waals surface area contributed by atoms with Crippen molar-refractivity contribution in [1.29, 1.82) is 0 Å². The monoisotopic (exact) mass is 219 g/mol. The van der Waals surface area contributed by atoms with Crippen molar-refractivity contribution in [1.82, 2.24) is 5.32 Å². The van der Waals surface area contributed by atoms with Gasteiger partial charge in [-0.15, -0.1) is 0 Å². The fourth-order valence-electron chi connectivity index (χ4n) is 1.63. The topological polar surface area (TPSA) is 63.2 Å². The maximum Gasteiger partial charge on any atom is 0.147 e. The maximum atomic E-state index is 11.6. The zero-order valence-corrected chi connectivity index (χ0v) is 9.27. The minimum Gasteiger partial charge on any atom is -0.317 e. The van der Waals surface area contributed by atoms with E-state index in [-0.39, 0.29) is 23.9 Å². The van der Waals surface area contributed by atoms with Crippen LogP contribution in [0, 0.1) is 5.92 Å². The van der Waals surface area contributed by atoms with Gasteiger partial charge in [0.15, 0.2) is 0 Å². The predicted molar refractivity (Wildman–Crippen MR) is 54.9 cm³/mol. The van der Waals surface area contributed by atoms with Gasteiger partial charge in [-0.2, -0.15) is 0 Å². The van der Waals surface area contributed by atoms with Gasteiger partial charge in [-0.3, -0.25) is 4.79 Å². The number of hydrogen-bond acceptors (Lipinski definition) is 4. The van der Waals surface area contributed by atoms with Crippen molar-refractivity contribution in [2.45, 2.75) is 19.3 Å². The van der Waals surface area contributed by atoms with Gasteiger partial charge >= 0.3 is 0 Å². The molecule has 14 heavy (non-hydrogen) atoms. The SMILES string of the molecule is CS(=O)(=O)CCC(=O)C1CCNCC1. The lowest BCUT2D eigenvalue weighted by atomic mass is 9.92. The Balaban J connectivity index is 2.34. The number of ketones is 1. The van der Waals surface area contributed by atoms with E-state index in [9.17, 15) is 13.2 Å². The first-order valence-electron chi connectivity index (χ1n) is 4.90. The van der Waals surface area contributed by atoms with Gasteiger partial charge < -0.3 is 5.32 Å². The van der Waals surface area contributed by atoms with Gasteiger partial charge in [0.2, 0.25) is 0 Å². The molecule has 0 aromatic heterocycles. The predicted octanol–water partition coefficient (Wildman–Crippen LogP) is -0.0102. The molecule has 0 saturated carbocycles. The van der Waals surface area contributed by atoms with Crippen LogP contribution in [0.4, 0.5) is 0 Å². The molecule has 5 heteroatoms. The summed E-state index contributed by atoms with van der Waals surface area (Å²) in [6.45, 7) is 1.74. The quantitative estimate of drug-likeness (QED) is 0.722. The van der Waals surface area contributed by atoms with Crippen LogP contribution in [0.3, 0.4) is 0 Å². The number of carbonyl (C=O) groups excluding carboxylic acids is 1. The van der Waals surface area contributed by atoms with Crippen molar-refractivity contribution in [3.05, 3.63) is 0 Å². The second-order valence-corrected chi connectivity index (χ2v) is 6.13. The number of hydrogen-bond donors (Lipinski definition) is 1. The lowest BCUT2D eigenvalue weighted by Crippen LogP contribution is -2.32. The van der Waals surface area contributed by atoms with Crippen LogP contribution in [0.5, 0.6) is 0 Å². The maximum absolute atomic E-state index is 11.6. The summed E-state index contributed by atoms with van der Waals surface area (Å²) in [5.41, 5.74) is 0. The van der Waals surface area contributed by atoms with Crippen LogP contribution < -0.4 is 5.32 Å². The summed E-state index contributed by atoms with van der Waals surface area (Å²) < 4.78 is 21.7. The second kappa shape index (κ2) is 4.89. The van der Waals surface area contributed by atoms with E-state index >= 15 is 0 Å². The Morgan fingerprint density at radius 3 is 2.43 bits per heavy atom. The van der Waals surface area contributed by atoms with Gasteiger partial charge in [0.1, 0.15) is 15.6 Å². The smallest absolute Gasteiger partial charge is 0.147 e. The number of carbonyl (C=O) groups is 1. The van der Waals surface area contributed by atoms with Crippen LogP contribution in [0.2, 0.25) is 0 Å². The van der Waals surface area contributed by atoms with Gasteiger partial charge in [0.05, 0.1) is 5.75 Å². The summed E-state index contributed by atoms with van der Waals surface area (Å²) in [6, 6.07) is 0. The standard InChI is InChI=1S/C9H17NO3S/c1-14(12,13)7-4-9(11)8-2-5-10-6-3-8/h8,10H,2-7H2,1H3. The summed E-state index contributed by atoms with van der Waals surface area (Å²) in [7, 11) is -2.99. The molecule has 1 N–H and O–H groups in total. The molecule has 0 amide bonds. The van der Waals surface area contributed by atoms with E-state index in [1.165, 1.54) is 6.26 Å². The van der Waals surface area contributed by atoms with Crippen LogP contribution >= 0.6 is 0 Å². The first kappa shape index (κ1) is 11.7. The largest absolute Gasteiger partial charge is 0.317 e. The van der Waals surface area contributed by atoms with Gasteiger partial charge in [0.25, 0.3) is 0 Å². The Bertz CT molecular complexity index is 291. The molecule has 0 aliphatic carbocycles. The molecule has 1 heterocycles. The minimum atomic E-state index is -2.99. The molecule has 82 valence electrons. The molecule has 0 atom stereocenters. The fraction of sp³-hybridized carbons (Fsp3) is 0.889. The highest BCUT2D eigenvalue weighted by Crippen LogP contribution is 2.14. The molecule has 1 rings (SSSR count). The Kier molecular flexibility index (Phi) is 4.07. The Labute approximate surface area is 85.0 Å². The molecule has 4 nitrogen and oxygen atoms in total. The third-order valence-electron chi connectivity index (χ3n) is 2.51. The Morgan fingerprint density at radius 2 is 1.93 bits per heavy atom. The number of Topliss-reactive ketones (excluding diaryl/α,β-unsaturated/α-hetero) is 1. The molecule has 1 fully saturated rings. The van der Waals surface area contributed by atoms with Crippen LogP contribution in [0.1, 0.15) is 19.3 Å². The summed E-state index contributed by atoms with van der Waals surface area (Å²) in [5, 5.41) is 3.17. The third-order valence-corrected chi connectivity index (χ3v) is 3.46. The first-order valence-corrected chi connectivity index (χ1v) is 6.96. The fourth-order valence-corrected chi connectivity index (χ4v) is 2.21. The van der Waals surface area contributed by atoms with Crippen molar-refractivity contribution < 1.29 is 13.2 Å². The van der Waals surface area contributed by atoms with Crippen molar-refractivity contribution in [3.8, 4) is 0 Å². The highest BCUT2D eigenvalue weighted by Gasteiger charge is 2.21. The van der Waals surface area contributed by atoms with E-state index in [2.05, 4.69) is 5.32 Å². The van der Waals surface area contributed by atoms with Crippen LogP contribution in [0.25, 0.3) is 0 Å². The van der Waals surface area contributed by atoms with Crippen molar-refractivity contribution in [3.63, 3.8) is 0 Å². The second-order valence-electron chi connectivity index (χ2n) is 3.87. The van der Waals surface area contributed by atoms with E-state index in [1.54, 1.807) is 0 Å². The van der Waals surface area contributed by atoms with Crippen LogP contribution in [0.15, 0.2) is 0 Å². The van der Waals surface area contributed by atoms with E-state index in [4.69, 9.17) is 0 Å². The highest BCUT2D eigenvalue weighted by molar-refractivity contribution is 7.90. The summed E-state index contributed by atoms with van der Waals surface area (Å²) >= 11 is 0. The molecule has 0 radical (unpaired) electrons. The molecule has 1 saturated heterocycles. The van der Waals surface area contributed by atoms with E-state index in [1.807, 2.05) is 0 Å². The first-order chi connectivity index (χ1) is 6.49. The number of rotatable bonds is 4. The number of nitrogens with one attached hydrogen (secondary N) is 1. The molecule has 0 bridgehead atoms. The lowest BCUT2D eigenvalue weighted by molar-refractivity contribution is -0.123. The highest BCUT2D eigenvalue weighted by atomic mass is 32.2. The van der Waals surface area contributed by atoms with Gasteiger partial charge in [-0.05, 0) is 25.9 Å². The van der Waals surface area contributed by atoms with Crippen LogP contribution in [-0.2, 0) is 14.6 Å². The molecule has 0 spiro atoms. The van der Waals surface area contributed by atoms with Gasteiger partial charge in [-0.1, -0.05) is 0 Å². The number of piperidine rings is 1. The molecular formula is C9H17NO3S. The van der Waals surface area contributed by atoms with Crippen LogP contribution in [-0.4, -0.2) is 39.3 Å². The van der Waals surface area contributed by atoms with Crippen molar-refractivity contribution >= 4 is 15.6 Å². The van der Waals surface area contributed by atoms with Crippen molar-refractivity contribution in [2.24, 2.45) is 5.92 Å². The molecule has 0 aromatic rings. The normalized spacial score (nSPS) is 19.5. The minimum absolute atomic E-state index is 0.00420. The summed E-state index contributed by atoms with van der Waals surface area (Å²) in [4.78, 5) is 11.6. The summed E-state index contributed by atoms with van der Waals surface area (Å²) in [5.74, 6) is 0.186. The zero-order chi connectivity index (χ0) is 10.6. The molecule has 0 unspecified atom stereocenters. The summed E-state index contributed by atoms with van der Waals surface area (Å²) in [6.07, 6.45) is 3.05. The molecule has 1 aliphatic heterocycles. The van der Waals surface area contributed by atoms with E-state index < -0.39 is 9.84 Å². The average molecular weight is 219 g/mol. The molecular weight excluding hydrogens is 202 g/mol. The Morgan fingerprint density at radius 1 is 1.36 bits per heavy atom. The van der Waals surface area contributed by atoms with E-state index in [0.29, 0.717) is 0 Å².